The Kier molecular flexibility index (Phi) is 4.32. The summed E-state index contributed by atoms with van der Waals surface area (Å²) in [4.78, 5) is 13.0. The highest BCUT2D eigenvalue weighted by molar-refractivity contribution is 8.19. The van der Waals surface area contributed by atoms with E-state index in [-0.39, 0.29) is 12.0 Å². The molecule has 4 aliphatic carbocycles. The summed E-state index contributed by atoms with van der Waals surface area (Å²) in [5, 5.41) is 0. The van der Waals surface area contributed by atoms with Crippen LogP contribution in [0.15, 0.2) is 24.3 Å². The second kappa shape index (κ2) is 6.53. The van der Waals surface area contributed by atoms with Crippen molar-refractivity contribution < 1.29 is 9.53 Å². The zero-order chi connectivity index (χ0) is 16.9. The molecule has 1 aromatic carbocycles. The van der Waals surface area contributed by atoms with Gasteiger partial charge in [0.15, 0.2) is 5.78 Å². The van der Waals surface area contributed by atoms with Crippen molar-refractivity contribution in [2.24, 2.45) is 23.2 Å². The third-order valence-corrected chi connectivity index (χ3v) is 9.88. The van der Waals surface area contributed by atoms with Crippen molar-refractivity contribution in [3.8, 4) is 5.75 Å². The lowest BCUT2D eigenvalue weighted by Gasteiger charge is -2.55. The Morgan fingerprint density at radius 1 is 0.960 bits per heavy atom. The van der Waals surface area contributed by atoms with Gasteiger partial charge in [0.25, 0.3) is 0 Å². The van der Waals surface area contributed by atoms with E-state index in [1.54, 1.807) is 0 Å². The van der Waals surface area contributed by atoms with E-state index in [1.807, 2.05) is 35.7 Å². The summed E-state index contributed by atoms with van der Waals surface area (Å²) in [7, 11) is 0. The largest absolute Gasteiger partial charge is 0.486 e. The van der Waals surface area contributed by atoms with E-state index in [4.69, 9.17) is 4.74 Å². The van der Waals surface area contributed by atoms with Gasteiger partial charge in [0.1, 0.15) is 12.4 Å². The van der Waals surface area contributed by atoms with Crippen molar-refractivity contribution in [3.63, 3.8) is 0 Å². The van der Waals surface area contributed by atoms with Crippen LogP contribution in [0.2, 0.25) is 0 Å². The molecule has 2 nitrogen and oxygen atoms in total. The van der Waals surface area contributed by atoms with E-state index in [0.717, 1.165) is 42.8 Å². The number of carbonyl (C=O) groups excluding carboxylic acids is 1. The number of hydrogen-bond acceptors (Lipinski definition) is 4. The quantitative estimate of drug-likeness (QED) is 0.696. The van der Waals surface area contributed by atoms with Crippen molar-refractivity contribution in [1.29, 1.82) is 0 Å². The Labute approximate surface area is 158 Å². The van der Waals surface area contributed by atoms with Crippen LogP contribution in [0.4, 0.5) is 0 Å². The van der Waals surface area contributed by atoms with E-state index in [1.165, 1.54) is 36.3 Å². The molecule has 0 amide bonds. The molecule has 6 rings (SSSR count). The number of thioether (sulfide) groups is 2. The third kappa shape index (κ3) is 3.14. The minimum absolute atomic E-state index is 0.0359. The molecule has 4 saturated carbocycles. The average Bonchev–Trinajstić information content (AvgIpc) is 3.13. The maximum atomic E-state index is 13.0. The van der Waals surface area contributed by atoms with Crippen LogP contribution in [0.5, 0.6) is 5.75 Å². The SMILES string of the molecule is O=C(COc1ccc(C2SCCS2)cc1)C12CC3CC(CC(C3)C1)C2. The maximum absolute atomic E-state index is 13.0. The van der Waals surface area contributed by atoms with Crippen molar-refractivity contribution in [3.05, 3.63) is 29.8 Å². The summed E-state index contributed by atoms with van der Waals surface area (Å²) >= 11 is 4.04. The predicted molar refractivity (Wildman–Crippen MR) is 105 cm³/mol. The molecule has 5 fully saturated rings. The number of ether oxygens (including phenoxy) is 1. The molecule has 0 unspecified atom stereocenters. The molecule has 4 heteroatoms. The van der Waals surface area contributed by atoms with Gasteiger partial charge >= 0.3 is 0 Å². The molecule has 0 atom stereocenters. The van der Waals surface area contributed by atoms with Crippen LogP contribution >= 0.6 is 23.5 Å². The van der Waals surface area contributed by atoms with Crippen LogP contribution in [-0.2, 0) is 4.79 Å². The summed E-state index contributed by atoms with van der Waals surface area (Å²) in [5.74, 6) is 6.15. The van der Waals surface area contributed by atoms with Gasteiger partial charge in [0, 0.05) is 16.9 Å². The molecule has 5 aliphatic rings. The molecule has 0 N–H and O–H groups in total. The smallest absolute Gasteiger partial charge is 0.176 e. The molecule has 1 aromatic rings. The minimum Gasteiger partial charge on any atom is -0.486 e. The van der Waals surface area contributed by atoms with E-state index >= 15 is 0 Å². The molecule has 1 aliphatic heterocycles. The van der Waals surface area contributed by atoms with Gasteiger partial charge in [0.05, 0.1) is 4.58 Å². The summed E-state index contributed by atoms with van der Waals surface area (Å²) in [6, 6.07) is 8.42. The first-order valence-electron chi connectivity index (χ1n) is 9.69. The van der Waals surface area contributed by atoms with Gasteiger partial charge in [0.2, 0.25) is 0 Å². The third-order valence-electron chi connectivity index (χ3n) is 6.77. The maximum Gasteiger partial charge on any atom is 0.176 e. The van der Waals surface area contributed by atoms with Gasteiger partial charge in [-0.25, -0.2) is 0 Å². The number of Topliss-reactive ketones (excluding diaryl/α,β-unsaturated/α-hetero) is 1. The summed E-state index contributed by atoms with van der Waals surface area (Å²) in [6.07, 6.45) is 7.55. The molecule has 1 heterocycles. The second-order valence-electron chi connectivity index (χ2n) is 8.55. The molecule has 4 bridgehead atoms. The van der Waals surface area contributed by atoms with Crippen molar-refractivity contribution >= 4 is 29.3 Å². The van der Waals surface area contributed by atoms with Crippen molar-refractivity contribution in [2.75, 3.05) is 18.1 Å². The first-order chi connectivity index (χ1) is 12.2. The zero-order valence-corrected chi connectivity index (χ0v) is 16.2. The standard InChI is InChI=1S/C21H26O2S2/c22-19(21-10-14-7-15(11-21)9-16(8-14)12-21)13-23-18-3-1-17(2-4-18)20-24-5-6-25-20/h1-4,14-16,20H,5-13H2. The van der Waals surface area contributed by atoms with E-state index in [0.29, 0.717) is 10.4 Å². The van der Waals surface area contributed by atoms with Crippen LogP contribution in [0.3, 0.4) is 0 Å². The monoisotopic (exact) mass is 374 g/mol. The number of rotatable bonds is 5. The number of hydrogen-bond donors (Lipinski definition) is 0. The summed E-state index contributed by atoms with van der Waals surface area (Å²) in [6.45, 7) is 0.262. The van der Waals surface area contributed by atoms with Crippen LogP contribution in [0, 0.1) is 23.2 Å². The normalized spacial score (nSPS) is 36.7. The van der Waals surface area contributed by atoms with Gasteiger partial charge in [-0.1, -0.05) is 12.1 Å². The van der Waals surface area contributed by atoms with Gasteiger partial charge < -0.3 is 4.74 Å². The Balaban J connectivity index is 1.22. The number of benzene rings is 1. The molecule has 25 heavy (non-hydrogen) atoms. The van der Waals surface area contributed by atoms with Crippen LogP contribution in [0.1, 0.15) is 48.7 Å². The fraction of sp³-hybridized carbons (Fsp3) is 0.667. The predicted octanol–water partition coefficient (Wildman–Crippen LogP) is 5.33. The van der Waals surface area contributed by atoms with Gasteiger partial charge in [-0.05, 0) is 74.0 Å². The van der Waals surface area contributed by atoms with Gasteiger partial charge in [-0.2, -0.15) is 0 Å². The molecular formula is C21H26O2S2. The lowest BCUT2D eigenvalue weighted by Crippen LogP contribution is -2.51. The molecule has 0 aromatic heterocycles. The Hall–Kier alpha value is -0.610. The lowest BCUT2D eigenvalue weighted by molar-refractivity contribution is -0.145. The highest BCUT2D eigenvalue weighted by Crippen LogP contribution is 2.60. The van der Waals surface area contributed by atoms with E-state index < -0.39 is 0 Å². The molecule has 134 valence electrons. The molecule has 1 saturated heterocycles. The van der Waals surface area contributed by atoms with E-state index in [2.05, 4.69) is 12.1 Å². The topological polar surface area (TPSA) is 26.3 Å². The first-order valence-corrected chi connectivity index (χ1v) is 11.8. The Morgan fingerprint density at radius 2 is 1.52 bits per heavy atom. The van der Waals surface area contributed by atoms with Gasteiger partial charge in [-0.3, -0.25) is 4.79 Å². The van der Waals surface area contributed by atoms with Crippen molar-refractivity contribution in [2.45, 2.75) is 43.1 Å². The fourth-order valence-electron chi connectivity index (χ4n) is 6.03. The second-order valence-corrected chi connectivity index (χ2v) is 11.3. The fourth-order valence-corrected chi connectivity index (χ4v) is 8.89. The number of carbonyl (C=O) groups is 1. The lowest BCUT2D eigenvalue weighted by atomic mass is 9.48. The number of ketones is 1. The minimum atomic E-state index is -0.0359. The van der Waals surface area contributed by atoms with Crippen LogP contribution < -0.4 is 4.74 Å². The molecular weight excluding hydrogens is 348 g/mol. The van der Waals surface area contributed by atoms with Crippen LogP contribution in [-0.4, -0.2) is 23.9 Å². The van der Waals surface area contributed by atoms with E-state index in [9.17, 15) is 4.79 Å². The Bertz CT molecular complexity index is 613. The van der Waals surface area contributed by atoms with Crippen molar-refractivity contribution in [1.82, 2.24) is 0 Å². The molecule has 0 radical (unpaired) electrons. The zero-order valence-electron chi connectivity index (χ0n) is 14.6. The Morgan fingerprint density at radius 3 is 2.08 bits per heavy atom. The summed E-state index contributed by atoms with van der Waals surface area (Å²) in [5.41, 5.74) is 1.33. The highest BCUT2D eigenvalue weighted by Gasteiger charge is 2.54. The summed E-state index contributed by atoms with van der Waals surface area (Å²) < 4.78 is 6.48. The van der Waals surface area contributed by atoms with Crippen LogP contribution in [0.25, 0.3) is 0 Å². The molecule has 0 spiro atoms. The first kappa shape index (κ1) is 16.6. The average molecular weight is 375 g/mol. The van der Waals surface area contributed by atoms with Gasteiger partial charge in [-0.15, -0.1) is 23.5 Å². The highest BCUT2D eigenvalue weighted by atomic mass is 32.2.